The number of ether oxygens (including phenoxy) is 2. The zero-order valence-electron chi connectivity index (χ0n) is 15.1. The number of rotatable bonds is 10. The molecule has 13 heteroatoms. The van der Waals surface area contributed by atoms with Crippen LogP contribution in [0.4, 0.5) is 39.5 Å². The minimum Gasteiger partial charge on any atom is -0.465 e. The van der Waals surface area contributed by atoms with Crippen molar-refractivity contribution in [3.05, 3.63) is 0 Å². The fourth-order valence-corrected chi connectivity index (χ4v) is 1.66. The van der Waals surface area contributed by atoms with Gasteiger partial charge in [0.25, 0.3) is 0 Å². The summed E-state index contributed by atoms with van der Waals surface area (Å²) in [6.07, 6.45) is -9.28. The number of hydrogen-bond donors (Lipinski definition) is 0. The smallest absolute Gasteiger partial charge is 0.460 e. The second-order valence-corrected chi connectivity index (χ2v) is 6.17. The van der Waals surface area contributed by atoms with Gasteiger partial charge in [-0.1, -0.05) is 13.8 Å². The maximum atomic E-state index is 13.4. The summed E-state index contributed by atoms with van der Waals surface area (Å²) in [5.41, 5.74) is -1.56. The highest BCUT2D eigenvalue weighted by atomic mass is 19.4. The summed E-state index contributed by atoms with van der Waals surface area (Å²) in [7, 11) is 0. The molecule has 0 aliphatic carbocycles. The summed E-state index contributed by atoms with van der Waals surface area (Å²) in [6.45, 7) is 1.97. The van der Waals surface area contributed by atoms with Crippen LogP contribution in [-0.4, -0.2) is 49.1 Å². The van der Waals surface area contributed by atoms with Crippen LogP contribution in [0.25, 0.3) is 0 Å². The van der Waals surface area contributed by atoms with Gasteiger partial charge < -0.3 is 9.47 Å². The van der Waals surface area contributed by atoms with E-state index in [-0.39, 0.29) is 12.8 Å². The van der Waals surface area contributed by atoms with Crippen molar-refractivity contribution in [2.45, 2.75) is 64.0 Å². The molecule has 0 N–H and O–H groups in total. The molecule has 0 heterocycles. The Kier molecular flexibility index (Phi) is 8.24. The summed E-state index contributed by atoms with van der Waals surface area (Å²) in [4.78, 5) is 23.0. The van der Waals surface area contributed by atoms with Gasteiger partial charge in [-0.2, -0.15) is 39.5 Å². The predicted octanol–water partition coefficient (Wildman–Crippen LogP) is 4.76. The molecule has 166 valence electrons. The summed E-state index contributed by atoms with van der Waals surface area (Å²) in [6, 6.07) is 0. The van der Waals surface area contributed by atoms with Crippen LogP contribution in [0.2, 0.25) is 0 Å². The van der Waals surface area contributed by atoms with Gasteiger partial charge in [0.15, 0.2) is 0 Å². The van der Waals surface area contributed by atoms with Crippen molar-refractivity contribution in [2.24, 2.45) is 5.41 Å². The molecule has 1 atom stereocenters. The van der Waals surface area contributed by atoms with E-state index in [0.717, 1.165) is 0 Å². The van der Waals surface area contributed by atoms with E-state index >= 15 is 0 Å². The molecule has 28 heavy (non-hydrogen) atoms. The Morgan fingerprint density at radius 2 is 1.32 bits per heavy atom. The predicted molar refractivity (Wildman–Crippen MR) is 76.1 cm³/mol. The van der Waals surface area contributed by atoms with Crippen molar-refractivity contribution < 1.29 is 58.6 Å². The summed E-state index contributed by atoms with van der Waals surface area (Å²) in [5.74, 6) is -21.6. The highest BCUT2D eigenvalue weighted by molar-refractivity contribution is 5.77. The zero-order valence-corrected chi connectivity index (χ0v) is 15.1. The van der Waals surface area contributed by atoms with Crippen LogP contribution in [0.3, 0.4) is 0 Å². The molecule has 0 amide bonds. The molecule has 0 aliphatic rings. The van der Waals surface area contributed by atoms with Crippen molar-refractivity contribution in [3.8, 4) is 0 Å². The molecule has 0 aromatic heterocycles. The first kappa shape index (κ1) is 26.3. The van der Waals surface area contributed by atoms with Crippen LogP contribution in [0.1, 0.15) is 40.0 Å². The van der Waals surface area contributed by atoms with Gasteiger partial charge in [-0.05, 0) is 13.3 Å². The second kappa shape index (κ2) is 8.76. The zero-order chi connectivity index (χ0) is 22.6. The molecule has 0 spiro atoms. The van der Waals surface area contributed by atoms with E-state index in [0.29, 0.717) is 0 Å². The highest BCUT2D eigenvalue weighted by Crippen LogP contribution is 2.54. The Morgan fingerprint density at radius 3 is 1.71 bits per heavy atom. The van der Waals surface area contributed by atoms with E-state index in [4.69, 9.17) is 4.74 Å². The largest absolute Gasteiger partial charge is 0.465 e. The van der Waals surface area contributed by atoms with Crippen molar-refractivity contribution in [1.82, 2.24) is 0 Å². The lowest BCUT2D eigenvalue weighted by molar-refractivity contribution is -0.397. The van der Waals surface area contributed by atoms with Gasteiger partial charge >= 0.3 is 35.9 Å². The number of halogens is 9. The van der Waals surface area contributed by atoms with E-state index in [9.17, 15) is 49.1 Å². The van der Waals surface area contributed by atoms with Gasteiger partial charge in [0.1, 0.15) is 6.61 Å². The minimum atomic E-state index is -7.00. The maximum Gasteiger partial charge on any atom is 0.460 e. The van der Waals surface area contributed by atoms with Gasteiger partial charge in [-0.3, -0.25) is 9.59 Å². The fourth-order valence-electron chi connectivity index (χ4n) is 1.66. The first-order valence-electron chi connectivity index (χ1n) is 7.92. The van der Waals surface area contributed by atoms with Crippen LogP contribution in [-0.2, 0) is 19.1 Å². The van der Waals surface area contributed by atoms with Crippen LogP contribution in [0, 0.1) is 5.41 Å². The molecule has 1 unspecified atom stereocenters. The Hall–Kier alpha value is -1.69. The van der Waals surface area contributed by atoms with Gasteiger partial charge in [0, 0.05) is 6.42 Å². The molecule has 0 fully saturated rings. The number of carbonyl (C=O) groups excluding carboxylic acids is 2. The normalized spacial score (nSPS) is 15.7. The molecule has 0 saturated carbocycles. The standard InChI is InChI=1S/C15H19F9O4/c1-4-9(25)28-8-11(3,5-2)10(26)27-7-6-12(16,17)13(18,19)14(20,21)15(22,23)24/h4-8H2,1-3H3. The lowest BCUT2D eigenvalue weighted by atomic mass is 9.89. The highest BCUT2D eigenvalue weighted by Gasteiger charge is 2.81. The van der Waals surface area contributed by atoms with Crippen molar-refractivity contribution in [2.75, 3.05) is 13.2 Å². The molecule has 0 aliphatic heterocycles. The summed E-state index contributed by atoms with van der Waals surface area (Å²) < 4.78 is 124. The summed E-state index contributed by atoms with van der Waals surface area (Å²) in [5, 5.41) is 0. The second-order valence-electron chi connectivity index (χ2n) is 6.17. The summed E-state index contributed by atoms with van der Waals surface area (Å²) >= 11 is 0. The molecule has 0 aromatic rings. The molecule has 0 saturated heterocycles. The molecule has 0 radical (unpaired) electrons. The van der Waals surface area contributed by atoms with E-state index in [2.05, 4.69) is 4.74 Å². The third kappa shape index (κ3) is 5.43. The third-order valence-electron chi connectivity index (χ3n) is 3.97. The van der Waals surface area contributed by atoms with Crippen molar-refractivity contribution >= 4 is 11.9 Å². The number of carbonyl (C=O) groups is 2. The molecule has 4 nitrogen and oxygen atoms in total. The Morgan fingerprint density at radius 1 is 0.821 bits per heavy atom. The van der Waals surface area contributed by atoms with E-state index in [1.807, 2.05) is 0 Å². The van der Waals surface area contributed by atoms with E-state index in [1.165, 1.54) is 20.8 Å². The number of alkyl halides is 9. The Labute approximate surface area is 154 Å². The Balaban J connectivity index is 5.08. The number of hydrogen-bond acceptors (Lipinski definition) is 4. The molecule has 0 bridgehead atoms. The number of esters is 2. The monoisotopic (exact) mass is 434 g/mol. The quantitative estimate of drug-likeness (QED) is 0.368. The van der Waals surface area contributed by atoms with Gasteiger partial charge in [-0.25, -0.2) is 0 Å². The molecular weight excluding hydrogens is 415 g/mol. The molecule has 0 rings (SSSR count). The van der Waals surface area contributed by atoms with Gasteiger partial charge in [0.05, 0.1) is 18.4 Å². The first-order valence-corrected chi connectivity index (χ1v) is 7.92. The van der Waals surface area contributed by atoms with Crippen molar-refractivity contribution in [3.63, 3.8) is 0 Å². The SMILES string of the molecule is CCC(=O)OCC(C)(CC)C(=O)OCCC(F)(F)C(F)(F)C(F)(F)C(F)(F)F. The van der Waals surface area contributed by atoms with Crippen LogP contribution >= 0.6 is 0 Å². The van der Waals surface area contributed by atoms with Crippen LogP contribution in [0.5, 0.6) is 0 Å². The average Bonchev–Trinajstić information content (AvgIpc) is 2.57. The van der Waals surface area contributed by atoms with E-state index in [1.54, 1.807) is 0 Å². The third-order valence-corrected chi connectivity index (χ3v) is 3.97. The average molecular weight is 434 g/mol. The van der Waals surface area contributed by atoms with Crippen molar-refractivity contribution in [1.29, 1.82) is 0 Å². The molecule has 0 aromatic carbocycles. The van der Waals surface area contributed by atoms with Gasteiger partial charge in [0.2, 0.25) is 0 Å². The Bertz CT molecular complexity index is 560. The lowest BCUT2D eigenvalue weighted by Crippen LogP contribution is -2.61. The van der Waals surface area contributed by atoms with Gasteiger partial charge in [-0.15, -0.1) is 0 Å². The molecular formula is C15H19F9O4. The maximum absolute atomic E-state index is 13.4. The first-order chi connectivity index (χ1) is 12.4. The lowest BCUT2D eigenvalue weighted by Gasteiger charge is -2.33. The van der Waals surface area contributed by atoms with E-state index < -0.39 is 60.9 Å². The van der Waals surface area contributed by atoms with Crippen LogP contribution in [0.15, 0.2) is 0 Å². The topological polar surface area (TPSA) is 52.6 Å². The van der Waals surface area contributed by atoms with Crippen LogP contribution < -0.4 is 0 Å². The minimum absolute atomic E-state index is 0.0381. The fraction of sp³-hybridized carbons (Fsp3) is 0.867.